The number of nitrogens with two attached hydrogens (primary N) is 4. The normalized spacial score (nSPS) is 8.12. The highest BCUT2D eigenvalue weighted by atomic mass is 16.5. The number of carbonyl (C=O) groups excluding carboxylic acids is 3. The molecule has 0 bridgehead atoms. The van der Waals surface area contributed by atoms with Crippen LogP contribution in [-0.2, 0) is 30.5 Å². The number of benzene rings is 1. The summed E-state index contributed by atoms with van der Waals surface area (Å²) in [6, 6.07) is 7.14. The highest BCUT2D eigenvalue weighted by Gasteiger charge is 1.98. The van der Waals surface area contributed by atoms with Crippen LogP contribution in [0.4, 0.5) is 5.69 Å². The van der Waals surface area contributed by atoms with Gasteiger partial charge in [0, 0.05) is 25.3 Å². The third-order valence-corrected chi connectivity index (χ3v) is 2.64. The maximum absolute atomic E-state index is 10.5. The minimum absolute atomic E-state index is 0.0836. The zero-order valence-corrected chi connectivity index (χ0v) is 21.1. The maximum Gasteiger partial charge on any atom is 0.204 e. The second kappa shape index (κ2) is 43.5. The Morgan fingerprint density at radius 2 is 1.39 bits per heavy atom. The van der Waals surface area contributed by atoms with E-state index in [-0.39, 0.29) is 25.2 Å². The summed E-state index contributed by atoms with van der Waals surface area (Å²) < 4.78 is 10.2. The molecule has 0 aromatic heterocycles. The van der Waals surface area contributed by atoms with Crippen molar-refractivity contribution in [1.29, 1.82) is 0 Å². The number of hydrogen-bond donors (Lipinski definition) is 5. The van der Waals surface area contributed by atoms with E-state index in [0.717, 1.165) is 11.3 Å². The summed E-state index contributed by atoms with van der Waals surface area (Å²) in [4.78, 5) is 29.0. The molecule has 0 aliphatic heterocycles. The first-order valence-electron chi connectivity index (χ1n) is 11.0. The Balaban J connectivity index is -0.000000117. The van der Waals surface area contributed by atoms with Gasteiger partial charge in [-0.15, -0.1) is 0 Å². The van der Waals surface area contributed by atoms with E-state index in [1.807, 2.05) is 13.8 Å². The summed E-state index contributed by atoms with van der Waals surface area (Å²) in [6.07, 6.45) is 2.67. The minimum atomic E-state index is -0.381. The van der Waals surface area contributed by atoms with Gasteiger partial charge in [0.25, 0.3) is 0 Å². The maximum atomic E-state index is 10.5. The minimum Gasteiger partial charge on any atom is -0.399 e. The number of rotatable bonds is 11. The largest absolute Gasteiger partial charge is 0.399 e. The molecule has 0 saturated carbocycles. The number of Topliss-reactive ketones (excluding diaryl/α,β-unsaturated/α-hetero) is 1. The van der Waals surface area contributed by atoms with Crippen molar-refractivity contribution in [2.75, 3.05) is 45.8 Å². The number of aldehydes is 1. The highest BCUT2D eigenvalue weighted by molar-refractivity contribution is 6.24. The van der Waals surface area contributed by atoms with Gasteiger partial charge in [0.05, 0.1) is 26.4 Å². The van der Waals surface area contributed by atoms with E-state index in [1.165, 1.54) is 13.5 Å². The lowest BCUT2D eigenvalue weighted by atomic mass is 10.2. The number of carbonyl (C=O) groups is 3. The number of nitrogen functional groups attached to an aromatic ring is 1. The summed E-state index contributed by atoms with van der Waals surface area (Å²) in [7, 11) is 1.50. The molecular formula is C23H48N4O6. The van der Waals surface area contributed by atoms with Crippen LogP contribution in [0.15, 0.2) is 24.3 Å². The number of ether oxygens (including phenoxy) is 2. The van der Waals surface area contributed by atoms with Gasteiger partial charge in [-0.3, -0.25) is 14.4 Å². The van der Waals surface area contributed by atoms with E-state index < -0.39 is 0 Å². The predicted octanol–water partition coefficient (Wildman–Crippen LogP) is 1.41. The van der Waals surface area contributed by atoms with E-state index >= 15 is 0 Å². The second-order valence-corrected chi connectivity index (χ2v) is 5.44. The topological polar surface area (TPSA) is 194 Å². The number of amides is 1. The van der Waals surface area contributed by atoms with E-state index in [2.05, 4.69) is 25.3 Å². The van der Waals surface area contributed by atoms with Crippen LogP contribution in [0.1, 0.15) is 52.5 Å². The lowest BCUT2D eigenvalue weighted by Gasteiger charge is -2.03. The lowest BCUT2D eigenvalue weighted by Crippen LogP contribution is -2.12. The molecule has 33 heavy (non-hydrogen) atoms. The number of anilines is 1. The molecule has 0 radical (unpaired) electrons. The average Bonchev–Trinajstić information content (AvgIpc) is 2.85. The Morgan fingerprint density at radius 3 is 1.76 bits per heavy atom. The first-order chi connectivity index (χ1) is 16.0. The molecule has 0 atom stereocenters. The van der Waals surface area contributed by atoms with Crippen LogP contribution < -0.4 is 22.9 Å². The SMILES string of the molecule is CC.CCC.CN.NC=O.NCCOCCOCCCC(=O)C=O.Nc1ccc(CO)cc1. The molecule has 0 saturated heterocycles. The van der Waals surface area contributed by atoms with Crippen LogP contribution >= 0.6 is 0 Å². The van der Waals surface area contributed by atoms with E-state index in [0.29, 0.717) is 45.7 Å². The van der Waals surface area contributed by atoms with Crippen molar-refractivity contribution in [3.8, 4) is 0 Å². The molecule has 196 valence electrons. The van der Waals surface area contributed by atoms with Crippen molar-refractivity contribution in [2.24, 2.45) is 17.2 Å². The van der Waals surface area contributed by atoms with Gasteiger partial charge in [-0.25, -0.2) is 0 Å². The van der Waals surface area contributed by atoms with Gasteiger partial charge in [0.2, 0.25) is 6.41 Å². The Bertz CT molecular complexity index is 488. The number of ketones is 1. The third-order valence-electron chi connectivity index (χ3n) is 2.64. The fourth-order valence-corrected chi connectivity index (χ4v) is 1.44. The monoisotopic (exact) mass is 476 g/mol. The number of hydrogen-bond acceptors (Lipinski definition) is 9. The zero-order valence-electron chi connectivity index (χ0n) is 21.1. The Hall–Kier alpha value is -2.37. The Kier molecular flexibility index (Phi) is 54.0. The summed E-state index contributed by atoms with van der Waals surface area (Å²) in [6.45, 7) is 10.9. The van der Waals surface area contributed by atoms with Crippen molar-refractivity contribution >= 4 is 24.2 Å². The van der Waals surface area contributed by atoms with Gasteiger partial charge >= 0.3 is 0 Å². The van der Waals surface area contributed by atoms with E-state index in [9.17, 15) is 9.59 Å². The van der Waals surface area contributed by atoms with Crippen LogP contribution in [-0.4, -0.2) is 63.6 Å². The van der Waals surface area contributed by atoms with Crippen LogP contribution in [0, 0.1) is 0 Å². The van der Waals surface area contributed by atoms with E-state index in [4.69, 9.17) is 30.8 Å². The molecule has 10 heteroatoms. The number of aliphatic hydroxyl groups is 1. The third kappa shape index (κ3) is 48.3. The molecule has 1 amide bonds. The molecule has 0 unspecified atom stereocenters. The number of aliphatic hydroxyl groups excluding tert-OH is 1. The average molecular weight is 477 g/mol. The molecule has 1 aromatic carbocycles. The molecule has 0 spiro atoms. The van der Waals surface area contributed by atoms with E-state index in [1.54, 1.807) is 24.3 Å². The molecule has 0 fully saturated rings. The fourth-order valence-electron chi connectivity index (χ4n) is 1.44. The molecule has 0 heterocycles. The molecule has 0 aliphatic rings. The summed E-state index contributed by atoms with van der Waals surface area (Å²) in [5, 5.41) is 8.59. The second-order valence-electron chi connectivity index (χ2n) is 5.44. The van der Waals surface area contributed by atoms with Crippen LogP contribution in [0.3, 0.4) is 0 Å². The van der Waals surface area contributed by atoms with Gasteiger partial charge in [-0.05, 0) is 31.2 Å². The predicted molar refractivity (Wildman–Crippen MR) is 135 cm³/mol. The van der Waals surface area contributed by atoms with Gasteiger partial charge in [-0.2, -0.15) is 0 Å². The molecule has 0 aliphatic carbocycles. The van der Waals surface area contributed by atoms with Crippen molar-refractivity contribution in [1.82, 2.24) is 0 Å². The Morgan fingerprint density at radius 1 is 0.970 bits per heavy atom. The Labute approximate surface area is 200 Å². The standard InChI is InChI=1S/C9H17NO4.C7H9NO.C3H8.C2H6.CH3NO.CH5N/c10-3-5-14-7-6-13-4-1-2-9(12)8-11;8-7-3-1-6(5-9)2-4-7;1-3-2;1-2;2-1-3;1-2/h8H,1-7,10H2;1-4,9H,5,8H2;3H2,1-2H3;1-2H3;1H,(H2,2,3);2H2,1H3. The first-order valence-corrected chi connectivity index (χ1v) is 11.0. The van der Waals surface area contributed by atoms with Crippen LogP contribution in [0.25, 0.3) is 0 Å². The summed E-state index contributed by atoms with van der Waals surface area (Å²) in [5.74, 6) is -0.381. The van der Waals surface area contributed by atoms with Crippen molar-refractivity contribution in [3.05, 3.63) is 29.8 Å². The fraction of sp³-hybridized carbons (Fsp3) is 0.609. The molecule has 1 rings (SSSR count). The lowest BCUT2D eigenvalue weighted by molar-refractivity contribution is -0.130. The van der Waals surface area contributed by atoms with Gasteiger partial charge in [-0.1, -0.05) is 46.2 Å². The van der Waals surface area contributed by atoms with Crippen LogP contribution in [0.2, 0.25) is 0 Å². The molecule has 9 N–H and O–H groups in total. The summed E-state index contributed by atoms with van der Waals surface area (Å²) in [5.41, 5.74) is 20.9. The van der Waals surface area contributed by atoms with Crippen molar-refractivity contribution in [3.63, 3.8) is 0 Å². The van der Waals surface area contributed by atoms with Crippen molar-refractivity contribution < 1.29 is 29.0 Å². The highest BCUT2D eigenvalue weighted by Crippen LogP contribution is 2.04. The zero-order chi connectivity index (χ0) is 26.8. The number of primary amides is 1. The molecule has 10 nitrogen and oxygen atoms in total. The first kappa shape index (κ1) is 40.9. The summed E-state index contributed by atoms with van der Waals surface area (Å²) >= 11 is 0. The van der Waals surface area contributed by atoms with Gasteiger partial charge < -0.3 is 37.5 Å². The molecule has 1 aromatic rings. The smallest absolute Gasteiger partial charge is 0.204 e. The van der Waals surface area contributed by atoms with Gasteiger partial charge in [0.15, 0.2) is 12.1 Å². The quantitative estimate of drug-likeness (QED) is 0.136. The van der Waals surface area contributed by atoms with Gasteiger partial charge in [0.1, 0.15) is 0 Å². The molecular weight excluding hydrogens is 428 g/mol. The van der Waals surface area contributed by atoms with Crippen molar-refractivity contribution in [2.45, 2.75) is 53.6 Å². The van der Waals surface area contributed by atoms with Crippen LogP contribution in [0.5, 0.6) is 0 Å².